The van der Waals surface area contributed by atoms with Crippen LogP contribution in [0.1, 0.15) is 35.2 Å². The second kappa shape index (κ2) is 6.59. The molecule has 2 aliphatic rings. The molecule has 128 valence electrons. The highest BCUT2D eigenvalue weighted by atomic mass is 16.2. The normalized spacial score (nSPS) is 15.7. The molecule has 2 aromatic rings. The Labute approximate surface area is 146 Å². The molecule has 0 saturated heterocycles. The molecule has 3 N–H and O–H groups in total. The van der Waals surface area contributed by atoms with Crippen LogP contribution < -0.4 is 16.0 Å². The Balaban J connectivity index is 1.50. The molecule has 0 aromatic heterocycles. The highest BCUT2D eigenvalue weighted by Gasteiger charge is 2.29. The van der Waals surface area contributed by atoms with Crippen LogP contribution in [-0.2, 0) is 11.2 Å². The van der Waals surface area contributed by atoms with Crippen molar-refractivity contribution in [1.29, 1.82) is 0 Å². The fourth-order valence-electron chi connectivity index (χ4n) is 3.19. The van der Waals surface area contributed by atoms with E-state index in [4.69, 9.17) is 0 Å². The van der Waals surface area contributed by atoms with Gasteiger partial charge in [-0.2, -0.15) is 0 Å². The first kappa shape index (κ1) is 15.7. The summed E-state index contributed by atoms with van der Waals surface area (Å²) in [6, 6.07) is 13.1. The van der Waals surface area contributed by atoms with Gasteiger partial charge in [-0.15, -0.1) is 0 Å². The molecule has 2 amide bonds. The molecule has 4 rings (SSSR count). The Bertz CT molecular complexity index is 827. The van der Waals surface area contributed by atoms with Crippen molar-refractivity contribution in [2.24, 2.45) is 5.92 Å². The Morgan fingerprint density at radius 2 is 1.76 bits per heavy atom. The molecule has 5 heteroatoms. The first-order valence-electron chi connectivity index (χ1n) is 8.79. The van der Waals surface area contributed by atoms with Gasteiger partial charge in [0.05, 0.1) is 0 Å². The maximum Gasteiger partial charge on any atom is 0.256 e. The summed E-state index contributed by atoms with van der Waals surface area (Å²) in [5.74, 6) is 0.0967. The molecule has 0 unspecified atom stereocenters. The van der Waals surface area contributed by atoms with Gasteiger partial charge in [0.2, 0.25) is 5.91 Å². The van der Waals surface area contributed by atoms with Crippen LogP contribution in [0, 0.1) is 5.92 Å². The number of carbonyl (C=O) groups excluding carboxylic acids is 2. The van der Waals surface area contributed by atoms with Crippen molar-refractivity contribution in [3.05, 3.63) is 53.6 Å². The molecular weight excluding hydrogens is 314 g/mol. The van der Waals surface area contributed by atoms with Crippen molar-refractivity contribution in [2.75, 3.05) is 22.5 Å². The van der Waals surface area contributed by atoms with Crippen LogP contribution in [0.25, 0.3) is 0 Å². The summed E-state index contributed by atoms with van der Waals surface area (Å²) in [4.78, 5) is 24.6. The van der Waals surface area contributed by atoms with Gasteiger partial charge in [-0.25, -0.2) is 0 Å². The summed E-state index contributed by atoms with van der Waals surface area (Å²) in [5, 5.41) is 9.20. The molecule has 1 aliphatic carbocycles. The van der Waals surface area contributed by atoms with Gasteiger partial charge in [0.25, 0.3) is 5.91 Å². The molecule has 0 spiro atoms. The smallest absolute Gasteiger partial charge is 0.256 e. The lowest BCUT2D eigenvalue weighted by atomic mass is 9.97. The largest absolute Gasteiger partial charge is 0.385 e. The van der Waals surface area contributed by atoms with Crippen LogP contribution in [0.15, 0.2) is 42.5 Å². The number of rotatable bonds is 4. The molecule has 1 saturated carbocycles. The van der Waals surface area contributed by atoms with Gasteiger partial charge in [-0.1, -0.05) is 12.1 Å². The Morgan fingerprint density at radius 3 is 2.56 bits per heavy atom. The maximum atomic E-state index is 12.7. The Morgan fingerprint density at radius 1 is 1.00 bits per heavy atom. The number of amides is 2. The molecule has 25 heavy (non-hydrogen) atoms. The van der Waals surface area contributed by atoms with Gasteiger partial charge < -0.3 is 16.0 Å². The predicted molar refractivity (Wildman–Crippen MR) is 99.0 cm³/mol. The first-order valence-corrected chi connectivity index (χ1v) is 8.79. The molecule has 1 fully saturated rings. The van der Waals surface area contributed by atoms with Gasteiger partial charge in [0.1, 0.15) is 0 Å². The second-order valence-electron chi connectivity index (χ2n) is 6.66. The molecule has 2 aromatic carbocycles. The third kappa shape index (κ3) is 3.50. The number of fused-ring (bicyclic) bond motifs is 1. The highest BCUT2D eigenvalue weighted by Crippen LogP contribution is 2.30. The van der Waals surface area contributed by atoms with E-state index in [2.05, 4.69) is 16.0 Å². The van der Waals surface area contributed by atoms with E-state index in [-0.39, 0.29) is 17.7 Å². The summed E-state index contributed by atoms with van der Waals surface area (Å²) < 4.78 is 0. The van der Waals surface area contributed by atoms with Crippen LogP contribution in [0.3, 0.4) is 0 Å². The van der Waals surface area contributed by atoms with Crippen molar-refractivity contribution in [1.82, 2.24) is 0 Å². The van der Waals surface area contributed by atoms with E-state index in [0.29, 0.717) is 16.9 Å². The molecule has 1 heterocycles. The summed E-state index contributed by atoms with van der Waals surface area (Å²) >= 11 is 0. The van der Waals surface area contributed by atoms with Crippen molar-refractivity contribution in [3.8, 4) is 0 Å². The van der Waals surface area contributed by atoms with E-state index in [1.807, 2.05) is 36.4 Å². The van der Waals surface area contributed by atoms with E-state index >= 15 is 0 Å². The zero-order valence-electron chi connectivity index (χ0n) is 14.0. The van der Waals surface area contributed by atoms with Gasteiger partial charge >= 0.3 is 0 Å². The van der Waals surface area contributed by atoms with E-state index in [9.17, 15) is 9.59 Å². The van der Waals surface area contributed by atoms with Crippen molar-refractivity contribution in [2.45, 2.75) is 25.7 Å². The monoisotopic (exact) mass is 335 g/mol. The topological polar surface area (TPSA) is 70.2 Å². The van der Waals surface area contributed by atoms with Gasteiger partial charge in [0, 0.05) is 35.1 Å². The minimum Gasteiger partial charge on any atom is -0.385 e. The fourth-order valence-corrected chi connectivity index (χ4v) is 3.19. The molecule has 1 aliphatic heterocycles. The maximum absolute atomic E-state index is 12.7. The number of hydrogen-bond acceptors (Lipinski definition) is 3. The Hall–Kier alpha value is -2.82. The molecule has 0 atom stereocenters. The zero-order chi connectivity index (χ0) is 17.2. The Kier molecular flexibility index (Phi) is 4.14. The number of carbonyl (C=O) groups is 2. The predicted octanol–water partition coefficient (Wildman–Crippen LogP) is 3.65. The molecule has 0 radical (unpaired) electrons. The van der Waals surface area contributed by atoms with Crippen LogP contribution in [0.4, 0.5) is 17.1 Å². The molecule has 0 bridgehead atoms. The van der Waals surface area contributed by atoms with Gasteiger partial charge in [-0.3, -0.25) is 9.59 Å². The van der Waals surface area contributed by atoms with E-state index < -0.39 is 0 Å². The van der Waals surface area contributed by atoms with E-state index in [1.54, 1.807) is 6.07 Å². The number of hydrogen-bond donors (Lipinski definition) is 3. The van der Waals surface area contributed by atoms with Crippen molar-refractivity contribution < 1.29 is 9.59 Å². The number of anilines is 3. The number of nitrogens with one attached hydrogen (secondary N) is 3. The lowest BCUT2D eigenvalue weighted by Gasteiger charge is -2.20. The van der Waals surface area contributed by atoms with E-state index in [0.717, 1.165) is 43.5 Å². The van der Waals surface area contributed by atoms with Crippen LogP contribution in [0.2, 0.25) is 0 Å². The van der Waals surface area contributed by atoms with Crippen LogP contribution in [0.5, 0.6) is 0 Å². The molecule has 5 nitrogen and oxygen atoms in total. The summed E-state index contributed by atoms with van der Waals surface area (Å²) in [6.45, 7) is 0.945. The third-order valence-corrected chi connectivity index (χ3v) is 4.68. The number of benzene rings is 2. The van der Waals surface area contributed by atoms with Crippen molar-refractivity contribution in [3.63, 3.8) is 0 Å². The summed E-state index contributed by atoms with van der Waals surface area (Å²) in [7, 11) is 0. The van der Waals surface area contributed by atoms with Crippen LogP contribution in [-0.4, -0.2) is 18.4 Å². The third-order valence-electron chi connectivity index (χ3n) is 4.68. The standard InChI is InChI=1S/C20H21N3O2/c24-19(13-9-10-13)22-14-4-1-5-15(12-14)23-20(25)17-6-2-8-18-16(17)7-3-11-21-18/h1-2,4-6,8,12-13,21H,3,7,9-11H2,(H,22,24)(H,23,25). The average molecular weight is 335 g/mol. The summed E-state index contributed by atoms with van der Waals surface area (Å²) in [6.07, 6.45) is 3.87. The lowest BCUT2D eigenvalue weighted by Crippen LogP contribution is -2.19. The SMILES string of the molecule is O=C(Nc1cccc(NC(=O)C2CC2)c1)c1cccc2c1CCCN2. The quantitative estimate of drug-likeness (QED) is 0.799. The van der Waals surface area contributed by atoms with Crippen LogP contribution >= 0.6 is 0 Å². The van der Waals surface area contributed by atoms with Gasteiger partial charge in [0.15, 0.2) is 0 Å². The average Bonchev–Trinajstić information content (AvgIpc) is 3.47. The minimum atomic E-state index is -0.119. The zero-order valence-corrected chi connectivity index (χ0v) is 14.0. The minimum absolute atomic E-state index is 0.0617. The first-order chi connectivity index (χ1) is 12.2. The second-order valence-corrected chi connectivity index (χ2v) is 6.66. The fraction of sp³-hybridized carbons (Fsp3) is 0.300. The molecular formula is C20H21N3O2. The van der Waals surface area contributed by atoms with E-state index in [1.165, 1.54) is 0 Å². The lowest BCUT2D eigenvalue weighted by molar-refractivity contribution is -0.117. The summed E-state index contributed by atoms with van der Waals surface area (Å²) in [5.41, 5.74) is 4.22. The van der Waals surface area contributed by atoms with Crippen molar-refractivity contribution >= 4 is 28.9 Å². The van der Waals surface area contributed by atoms with Gasteiger partial charge in [-0.05, 0) is 61.6 Å². The highest BCUT2D eigenvalue weighted by molar-refractivity contribution is 6.06.